The highest BCUT2D eigenvalue weighted by Gasteiger charge is 2.06. The first-order valence-corrected chi connectivity index (χ1v) is 9.50. The van der Waals surface area contributed by atoms with Crippen LogP contribution in [0.15, 0.2) is 53.6 Å². The number of carbonyl (C=O) groups is 2. The molecule has 0 aliphatic heterocycles. The molecule has 0 aliphatic rings. The monoisotopic (exact) mass is 381 g/mol. The average Bonchev–Trinajstić information content (AvgIpc) is 2.72. The van der Waals surface area contributed by atoms with Crippen LogP contribution in [0, 0.1) is 0 Å². The predicted molar refractivity (Wildman–Crippen MR) is 112 cm³/mol. The molecule has 6 heteroatoms. The van der Waals surface area contributed by atoms with E-state index in [1.54, 1.807) is 31.4 Å². The van der Waals surface area contributed by atoms with Crippen LogP contribution >= 0.6 is 0 Å². The highest BCUT2D eigenvalue weighted by atomic mass is 16.5. The van der Waals surface area contributed by atoms with Crippen LogP contribution in [0.3, 0.4) is 0 Å². The first kappa shape index (κ1) is 21.2. The van der Waals surface area contributed by atoms with E-state index in [2.05, 4.69) is 22.8 Å². The van der Waals surface area contributed by atoms with Crippen molar-refractivity contribution >= 4 is 23.7 Å². The number of hydrogen-bond acceptors (Lipinski definition) is 4. The third-order valence-electron chi connectivity index (χ3n) is 4.20. The van der Waals surface area contributed by atoms with E-state index >= 15 is 0 Å². The molecule has 0 aliphatic carbocycles. The van der Waals surface area contributed by atoms with Crippen LogP contribution in [-0.2, 0) is 4.79 Å². The Morgan fingerprint density at radius 3 is 2.50 bits per heavy atom. The molecule has 2 N–H and O–H groups in total. The van der Waals surface area contributed by atoms with Gasteiger partial charge in [-0.3, -0.25) is 9.59 Å². The minimum absolute atomic E-state index is 0.00490. The highest BCUT2D eigenvalue weighted by Crippen LogP contribution is 2.15. The number of benzene rings is 2. The van der Waals surface area contributed by atoms with Crippen molar-refractivity contribution in [1.82, 2.24) is 5.43 Å². The molecule has 0 spiro atoms. The number of nitrogens with zero attached hydrogens (tertiary/aromatic N) is 1. The summed E-state index contributed by atoms with van der Waals surface area (Å²) >= 11 is 0. The molecule has 6 nitrogen and oxygen atoms in total. The summed E-state index contributed by atoms with van der Waals surface area (Å²) in [5.41, 5.74) is 4.38. The van der Waals surface area contributed by atoms with Crippen molar-refractivity contribution in [2.45, 2.75) is 39.0 Å². The van der Waals surface area contributed by atoms with Gasteiger partial charge in [0.2, 0.25) is 5.91 Å². The van der Waals surface area contributed by atoms with Gasteiger partial charge in [-0.25, -0.2) is 5.43 Å². The van der Waals surface area contributed by atoms with E-state index in [-0.39, 0.29) is 11.8 Å². The first-order valence-electron chi connectivity index (χ1n) is 9.50. The molecule has 28 heavy (non-hydrogen) atoms. The number of carbonyl (C=O) groups excluding carboxylic acids is 2. The van der Waals surface area contributed by atoms with Crippen LogP contribution < -0.4 is 15.5 Å². The molecule has 0 unspecified atom stereocenters. The minimum Gasteiger partial charge on any atom is -0.496 e. The van der Waals surface area contributed by atoms with Crippen molar-refractivity contribution in [2.24, 2.45) is 5.10 Å². The summed E-state index contributed by atoms with van der Waals surface area (Å²) in [6, 6.07) is 14.1. The first-order chi connectivity index (χ1) is 13.6. The predicted octanol–water partition coefficient (Wildman–Crippen LogP) is 4.37. The van der Waals surface area contributed by atoms with Gasteiger partial charge in [-0.15, -0.1) is 0 Å². The van der Waals surface area contributed by atoms with Crippen LogP contribution in [0.25, 0.3) is 0 Å². The number of hydrazone groups is 1. The molecule has 0 heterocycles. The van der Waals surface area contributed by atoms with Gasteiger partial charge in [0.1, 0.15) is 5.75 Å². The molecule has 2 aromatic carbocycles. The minimum atomic E-state index is -0.330. The summed E-state index contributed by atoms with van der Waals surface area (Å²) in [6.45, 7) is 2.14. The Hall–Kier alpha value is -3.15. The zero-order valence-electron chi connectivity index (χ0n) is 16.4. The number of ether oxygens (including phenoxy) is 1. The molecule has 0 atom stereocenters. The van der Waals surface area contributed by atoms with E-state index in [0.29, 0.717) is 23.4 Å². The molecule has 2 amide bonds. The Morgan fingerprint density at radius 2 is 1.79 bits per heavy atom. The molecular weight excluding hydrogens is 354 g/mol. The Labute approximate surface area is 166 Å². The summed E-state index contributed by atoms with van der Waals surface area (Å²) in [6.07, 6.45) is 6.30. The van der Waals surface area contributed by atoms with Crippen molar-refractivity contribution in [2.75, 3.05) is 12.4 Å². The number of rotatable bonds is 10. The Balaban J connectivity index is 1.84. The lowest BCUT2D eigenvalue weighted by Gasteiger charge is -2.06. The van der Waals surface area contributed by atoms with Gasteiger partial charge in [-0.05, 0) is 42.8 Å². The van der Waals surface area contributed by atoms with Gasteiger partial charge in [0.05, 0.1) is 13.3 Å². The quantitative estimate of drug-likeness (QED) is 0.364. The maximum absolute atomic E-state index is 12.2. The van der Waals surface area contributed by atoms with E-state index in [0.717, 1.165) is 31.2 Å². The third kappa shape index (κ3) is 6.87. The van der Waals surface area contributed by atoms with Crippen LogP contribution in [-0.4, -0.2) is 25.1 Å². The fourth-order valence-electron chi connectivity index (χ4n) is 2.64. The molecule has 148 valence electrons. The van der Waals surface area contributed by atoms with E-state index in [4.69, 9.17) is 4.74 Å². The molecule has 0 radical (unpaired) electrons. The molecule has 0 saturated carbocycles. The summed E-state index contributed by atoms with van der Waals surface area (Å²) < 4.78 is 5.23. The number of para-hydroxylation sites is 1. The van der Waals surface area contributed by atoms with E-state index in [1.165, 1.54) is 6.21 Å². The summed E-state index contributed by atoms with van der Waals surface area (Å²) in [5, 5.41) is 6.82. The molecule has 2 aromatic rings. The van der Waals surface area contributed by atoms with Crippen molar-refractivity contribution in [3.05, 3.63) is 59.7 Å². The van der Waals surface area contributed by atoms with E-state index in [1.807, 2.05) is 24.3 Å². The van der Waals surface area contributed by atoms with Gasteiger partial charge in [-0.2, -0.15) is 5.10 Å². The van der Waals surface area contributed by atoms with Crippen LogP contribution in [0.5, 0.6) is 5.75 Å². The molecule has 0 bridgehead atoms. The second-order valence-corrected chi connectivity index (χ2v) is 6.38. The maximum Gasteiger partial charge on any atom is 0.271 e. The number of unbranched alkanes of at least 4 members (excludes halogenated alkanes) is 3. The fraction of sp³-hybridized carbons (Fsp3) is 0.318. The second kappa shape index (κ2) is 11.5. The summed E-state index contributed by atoms with van der Waals surface area (Å²) in [7, 11) is 1.58. The highest BCUT2D eigenvalue weighted by molar-refractivity contribution is 5.96. The van der Waals surface area contributed by atoms with Gasteiger partial charge in [0.15, 0.2) is 0 Å². The summed E-state index contributed by atoms with van der Waals surface area (Å²) in [4.78, 5) is 24.1. The SMILES string of the molecule is CCCCCCC(=O)Nc1ccc(C(=O)N/N=C\c2ccccc2OC)cc1. The molecule has 2 rings (SSSR count). The van der Waals surface area contributed by atoms with Gasteiger partial charge in [0, 0.05) is 23.2 Å². The standard InChI is InChI=1S/C22H27N3O3/c1-3-4-5-6-11-21(26)24-19-14-12-17(13-15-19)22(27)25-23-16-18-9-7-8-10-20(18)28-2/h7-10,12-16H,3-6,11H2,1-2H3,(H,24,26)(H,25,27)/b23-16-. The fourth-order valence-corrected chi connectivity index (χ4v) is 2.64. The number of nitrogens with one attached hydrogen (secondary N) is 2. The van der Waals surface area contributed by atoms with Gasteiger partial charge in [0.25, 0.3) is 5.91 Å². The number of anilines is 1. The zero-order chi connectivity index (χ0) is 20.2. The lowest BCUT2D eigenvalue weighted by Crippen LogP contribution is -2.18. The van der Waals surface area contributed by atoms with Crippen molar-refractivity contribution in [3.63, 3.8) is 0 Å². The van der Waals surface area contributed by atoms with Crippen molar-refractivity contribution in [3.8, 4) is 5.75 Å². The Bertz CT molecular complexity index is 801. The number of amides is 2. The van der Waals surface area contributed by atoms with Gasteiger partial charge >= 0.3 is 0 Å². The molecular formula is C22H27N3O3. The van der Waals surface area contributed by atoms with E-state index in [9.17, 15) is 9.59 Å². The van der Waals surface area contributed by atoms with E-state index < -0.39 is 0 Å². The largest absolute Gasteiger partial charge is 0.496 e. The van der Waals surface area contributed by atoms with Crippen molar-refractivity contribution < 1.29 is 14.3 Å². The summed E-state index contributed by atoms with van der Waals surface area (Å²) in [5.74, 6) is 0.341. The van der Waals surface area contributed by atoms with Gasteiger partial charge < -0.3 is 10.1 Å². The maximum atomic E-state index is 12.2. The molecule has 0 saturated heterocycles. The van der Waals surface area contributed by atoms with Crippen LogP contribution in [0.1, 0.15) is 54.9 Å². The zero-order valence-corrected chi connectivity index (χ0v) is 16.4. The number of methoxy groups -OCH3 is 1. The molecule has 0 fully saturated rings. The molecule has 0 aromatic heterocycles. The Morgan fingerprint density at radius 1 is 1.04 bits per heavy atom. The number of hydrogen-bond donors (Lipinski definition) is 2. The topological polar surface area (TPSA) is 79.8 Å². The van der Waals surface area contributed by atoms with Crippen molar-refractivity contribution in [1.29, 1.82) is 0 Å². The normalized spacial score (nSPS) is 10.6. The van der Waals surface area contributed by atoms with Gasteiger partial charge in [-0.1, -0.05) is 38.3 Å². The van der Waals surface area contributed by atoms with Crippen LogP contribution in [0.2, 0.25) is 0 Å². The lowest BCUT2D eigenvalue weighted by atomic mass is 10.1. The smallest absolute Gasteiger partial charge is 0.271 e. The Kier molecular flexibility index (Phi) is 8.72. The second-order valence-electron chi connectivity index (χ2n) is 6.38. The average molecular weight is 381 g/mol. The lowest BCUT2D eigenvalue weighted by molar-refractivity contribution is -0.116. The van der Waals surface area contributed by atoms with Crippen LogP contribution in [0.4, 0.5) is 5.69 Å². The third-order valence-corrected chi connectivity index (χ3v) is 4.20.